The van der Waals surface area contributed by atoms with Crippen molar-refractivity contribution in [2.75, 3.05) is 12.4 Å². The lowest BCUT2D eigenvalue weighted by molar-refractivity contribution is 1.07. The summed E-state index contributed by atoms with van der Waals surface area (Å²) in [6, 6.07) is 8.26. The SMILES string of the molecule is CCc1ccccc1-c1nc(C)c(Br)c(NC)n1. The number of hydrogen-bond donors (Lipinski definition) is 1. The highest BCUT2D eigenvalue weighted by molar-refractivity contribution is 9.10. The number of hydrogen-bond acceptors (Lipinski definition) is 3. The predicted molar refractivity (Wildman–Crippen MR) is 78.8 cm³/mol. The van der Waals surface area contributed by atoms with Crippen molar-refractivity contribution < 1.29 is 0 Å². The molecule has 1 aromatic carbocycles. The Hall–Kier alpha value is -1.42. The first kappa shape index (κ1) is 13.0. The molecule has 0 aliphatic carbocycles. The van der Waals surface area contributed by atoms with E-state index in [-0.39, 0.29) is 0 Å². The van der Waals surface area contributed by atoms with Crippen LogP contribution in [0.2, 0.25) is 0 Å². The van der Waals surface area contributed by atoms with Crippen LogP contribution in [0.25, 0.3) is 11.4 Å². The zero-order chi connectivity index (χ0) is 13.1. The van der Waals surface area contributed by atoms with E-state index in [4.69, 9.17) is 0 Å². The lowest BCUT2D eigenvalue weighted by Crippen LogP contribution is -2.02. The van der Waals surface area contributed by atoms with Crippen molar-refractivity contribution in [1.82, 2.24) is 9.97 Å². The summed E-state index contributed by atoms with van der Waals surface area (Å²) in [7, 11) is 1.86. The van der Waals surface area contributed by atoms with Crippen LogP contribution in [0.5, 0.6) is 0 Å². The molecule has 0 saturated heterocycles. The number of rotatable bonds is 3. The zero-order valence-corrected chi connectivity index (χ0v) is 12.4. The molecule has 0 atom stereocenters. The third-order valence-corrected chi connectivity index (χ3v) is 3.84. The molecule has 0 spiro atoms. The lowest BCUT2D eigenvalue weighted by Gasteiger charge is -2.11. The predicted octanol–water partition coefficient (Wildman–Crippen LogP) is 3.82. The van der Waals surface area contributed by atoms with Gasteiger partial charge in [0, 0.05) is 12.6 Å². The van der Waals surface area contributed by atoms with Gasteiger partial charge in [-0.25, -0.2) is 9.97 Å². The summed E-state index contributed by atoms with van der Waals surface area (Å²) in [4.78, 5) is 9.12. The van der Waals surface area contributed by atoms with E-state index < -0.39 is 0 Å². The maximum Gasteiger partial charge on any atom is 0.162 e. The van der Waals surface area contributed by atoms with Gasteiger partial charge in [-0.1, -0.05) is 31.2 Å². The van der Waals surface area contributed by atoms with Gasteiger partial charge in [-0.15, -0.1) is 0 Å². The molecule has 1 N–H and O–H groups in total. The fourth-order valence-electron chi connectivity index (χ4n) is 1.89. The highest BCUT2D eigenvalue weighted by Crippen LogP contribution is 2.28. The van der Waals surface area contributed by atoms with Crippen molar-refractivity contribution in [3.8, 4) is 11.4 Å². The minimum atomic E-state index is 0.775. The smallest absolute Gasteiger partial charge is 0.162 e. The maximum absolute atomic E-state index is 4.56. The van der Waals surface area contributed by atoms with Gasteiger partial charge in [0.25, 0.3) is 0 Å². The first-order valence-corrected chi connectivity index (χ1v) is 6.76. The monoisotopic (exact) mass is 305 g/mol. The number of nitrogens with zero attached hydrogens (tertiary/aromatic N) is 2. The third-order valence-electron chi connectivity index (χ3n) is 2.89. The van der Waals surface area contributed by atoms with Gasteiger partial charge in [0.05, 0.1) is 10.2 Å². The third kappa shape index (κ3) is 2.38. The lowest BCUT2D eigenvalue weighted by atomic mass is 10.0. The summed E-state index contributed by atoms with van der Waals surface area (Å²) >= 11 is 3.50. The molecule has 0 aliphatic heterocycles. The van der Waals surface area contributed by atoms with Crippen molar-refractivity contribution in [1.29, 1.82) is 0 Å². The summed E-state index contributed by atoms with van der Waals surface area (Å²) in [6.45, 7) is 4.12. The van der Waals surface area contributed by atoms with E-state index in [1.54, 1.807) is 0 Å². The average molecular weight is 306 g/mol. The van der Waals surface area contributed by atoms with Gasteiger partial charge in [-0.3, -0.25) is 0 Å². The van der Waals surface area contributed by atoms with Crippen LogP contribution in [0.15, 0.2) is 28.7 Å². The highest BCUT2D eigenvalue weighted by Gasteiger charge is 2.11. The van der Waals surface area contributed by atoms with Crippen LogP contribution >= 0.6 is 15.9 Å². The Morgan fingerprint density at radius 2 is 1.94 bits per heavy atom. The Bertz CT molecular complexity index is 567. The molecule has 0 unspecified atom stereocenters. The van der Waals surface area contributed by atoms with Crippen LogP contribution < -0.4 is 5.32 Å². The Morgan fingerprint density at radius 3 is 2.61 bits per heavy atom. The second-order valence-corrected chi connectivity index (χ2v) is 4.85. The van der Waals surface area contributed by atoms with Gasteiger partial charge in [-0.2, -0.15) is 0 Å². The Kier molecular flexibility index (Phi) is 3.97. The standard InChI is InChI=1S/C14H16BrN3/c1-4-10-7-5-6-8-11(10)13-17-9(2)12(15)14(16-3)18-13/h5-8H,4H2,1-3H3,(H,16,17,18). The molecule has 0 fully saturated rings. The van der Waals surface area contributed by atoms with Gasteiger partial charge in [0.2, 0.25) is 0 Å². The van der Waals surface area contributed by atoms with Crippen LogP contribution in [0.1, 0.15) is 18.2 Å². The molecular weight excluding hydrogens is 290 g/mol. The minimum Gasteiger partial charge on any atom is -0.372 e. The summed E-state index contributed by atoms with van der Waals surface area (Å²) in [5.41, 5.74) is 3.31. The molecule has 0 amide bonds. The van der Waals surface area contributed by atoms with Crippen molar-refractivity contribution in [3.63, 3.8) is 0 Å². The van der Waals surface area contributed by atoms with Crippen LogP contribution in [0.3, 0.4) is 0 Å². The van der Waals surface area contributed by atoms with E-state index in [2.05, 4.69) is 50.3 Å². The topological polar surface area (TPSA) is 37.8 Å². The van der Waals surface area contributed by atoms with Gasteiger partial charge < -0.3 is 5.32 Å². The summed E-state index contributed by atoms with van der Waals surface area (Å²) < 4.78 is 0.919. The number of halogens is 1. The summed E-state index contributed by atoms with van der Waals surface area (Å²) in [5, 5.41) is 3.09. The first-order valence-electron chi connectivity index (χ1n) is 5.97. The maximum atomic E-state index is 4.56. The van der Waals surface area contributed by atoms with E-state index in [0.29, 0.717) is 0 Å². The van der Waals surface area contributed by atoms with Crippen LogP contribution in [-0.2, 0) is 6.42 Å². The molecule has 2 aromatic rings. The fourth-order valence-corrected chi connectivity index (χ4v) is 2.27. The second-order valence-electron chi connectivity index (χ2n) is 4.06. The van der Waals surface area contributed by atoms with Crippen molar-refractivity contribution >= 4 is 21.7 Å². The first-order chi connectivity index (χ1) is 8.67. The van der Waals surface area contributed by atoms with E-state index in [0.717, 1.165) is 33.8 Å². The van der Waals surface area contributed by atoms with E-state index in [1.165, 1.54) is 5.56 Å². The van der Waals surface area contributed by atoms with Gasteiger partial charge in [0.15, 0.2) is 5.82 Å². The Labute approximate surface area is 116 Å². The molecule has 94 valence electrons. The molecule has 1 heterocycles. The second kappa shape index (κ2) is 5.48. The van der Waals surface area contributed by atoms with Crippen molar-refractivity contribution in [3.05, 3.63) is 40.0 Å². The molecule has 4 heteroatoms. The van der Waals surface area contributed by atoms with E-state index in [9.17, 15) is 0 Å². The van der Waals surface area contributed by atoms with Crippen LogP contribution in [-0.4, -0.2) is 17.0 Å². The largest absolute Gasteiger partial charge is 0.372 e. The number of aromatic nitrogens is 2. The molecular formula is C14H16BrN3. The average Bonchev–Trinajstić information content (AvgIpc) is 2.41. The molecule has 0 bridgehead atoms. The van der Waals surface area contributed by atoms with Gasteiger partial charge in [-0.05, 0) is 34.8 Å². The van der Waals surface area contributed by atoms with Crippen LogP contribution in [0.4, 0.5) is 5.82 Å². The molecule has 18 heavy (non-hydrogen) atoms. The van der Waals surface area contributed by atoms with E-state index >= 15 is 0 Å². The van der Waals surface area contributed by atoms with Gasteiger partial charge >= 0.3 is 0 Å². The normalized spacial score (nSPS) is 10.4. The molecule has 2 rings (SSSR count). The summed E-state index contributed by atoms with van der Waals surface area (Å²) in [5.74, 6) is 1.60. The minimum absolute atomic E-state index is 0.775. The molecule has 0 radical (unpaired) electrons. The Balaban J connectivity index is 2.61. The van der Waals surface area contributed by atoms with Crippen molar-refractivity contribution in [2.24, 2.45) is 0 Å². The van der Waals surface area contributed by atoms with Crippen molar-refractivity contribution in [2.45, 2.75) is 20.3 Å². The van der Waals surface area contributed by atoms with E-state index in [1.807, 2.05) is 26.1 Å². The number of benzene rings is 1. The Morgan fingerprint density at radius 1 is 1.22 bits per heavy atom. The molecule has 0 saturated carbocycles. The van der Waals surface area contributed by atoms with Crippen LogP contribution in [0, 0.1) is 6.92 Å². The zero-order valence-electron chi connectivity index (χ0n) is 10.8. The quantitative estimate of drug-likeness (QED) is 0.937. The molecule has 0 aliphatic rings. The van der Waals surface area contributed by atoms with Gasteiger partial charge in [0.1, 0.15) is 5.82 Å². The molecule has 3 nitrogen and oxygen atoms in total. The fraction of sp³-hybridized carbons (Fsp3) is 0.286. The number of anilines is 1. The summed E-state index contributed by atoms with van der Waals surface area (Å²) in [6.07, 6.45) is 0.976. The molecule has 1 aromatic heterocycles. The number of nitrogens with one attached hydrogen (secondary N) is 1. The number of aryl methyl sites for hydroxylation is 2. The highest BCUT2D eigenvalue weighted by atomic mass is 79.9.